The molecule has 0 atom stereocenters. The Morgan fingerprint density at radius 1 is 1.50 bits per heavy atom. The molecule has 0 spiro atoms. The molecule has 1 aromatic carbocycles. The van der Waals surface area contributed by atoms with Crippen molar-refractivity contribution in [3.63, 3.8) is 0 Å². The SMILES string of the molecule is Cn1cc(CC(=O)CSc2cccc(Cl)c2)nn1. The summed E-state index contributed by atoms with van der Waals surface area (Å²) >= 11 is 7.35. The molecule has 0 amide bonds. The van der Waals surface area contributed by atoms with Crippen molar-refractivity contribution in [3.8, 4) is 0 Å². The number of ketones is 1. The Morgan fingerprint density at radius 2 is 2.33 bits per heavy atom. The van der Waals surface area contributed by atoms with E-state index < -0.39 is 0 Å². The van der Waals surface area contributed by atoms with Gasteiger partial charge in [-0.2, -0.15) is 0 Å². The number of rotatable bonds is 5. The van der Waals surface area contributed by atoms with E-state index in [-0.39, 0.29) is 5.78 Å². The van der Waals surface area contributed by atoms with Crippen LogP contribution in [0.1, 0.15) is 5.69 Å². The predicted molar refractivity (Wildman–Crippen MR) is 71.9 cm³/mol. The zero-order valence-electron chi connectivity index (χ0n) is 9.84. The Bertz CT molecular complexity index is 556. The van der Waals surface area contributed by atoms with E-state index in [0.717, 1.165) is 4.90 Å². The van der Waals surface area contributed by atoms with Gasteiger partial charge in [0.05, 0.1) is 17.9 Å². The minimum absolute atomic E-state index is 0.125. The molecule has 0 fully saturated rings. The zero-order chi connectivity index (χ0) is 13.0. The fourth-order valence-electron chi connectivity index (χ4n) is 1.45. The van der Waals surface area contributed by atoms with Gasteiger partial charge in [-0.15, -0.1) is 16.9 Å². The normalized spacial score (nSPS) is 10.6. The lowest BCUT2D eigenvalue weighted by Crippen LogP contribution is -2.05. The largest absolute Gasteiger partial charge is 0.298 e. The van der Waals surface area contributed by atoms with E-state index in [2.05, 4.69) is 10.3 Å². The van der Waals surface area contributed by atoms with E-state index in [1.165, 1.54) is 11.8 Å². The van der Waals surface area contributed by atoms with Crippen molar-refractivity contribution >= 4 is 29.1 Å². The van der Waals surface area contributed by atoms with E-state index >= 15 is 0 Å². The first kappa shape index (κ1) is 13.1. The van der Waals surface area contributed by atoms with Gasteiger partial charge in [0, 0.05) is 23.2 Å². The number of benzene rings is 1. The molecular formula is C12H12ClN3OS. The summed E-state index contributed by atoms with van der Waals surface area (Å²) in [6.45, 7) is 0. The number of hydrogen-bond donors (Lipinski definition) is 0. The first-order valence-electron chi connectivity index (χ1n) is 5.39. The van der Waals surface area contributed by atoms with Crippen molar-refractivity contribution in [2.75, 3.05) is 5.75 Å². The molecular weight excluding hydrogens is 270 g/mol. The molecule has 1 heterocycles. The van der Waals surface area contributed by atoms with Gasteiger partial charge in [0.1, 0.15) is 5.78 Å². The Morgan fingerprint density at radius 3 is 3.00 bits per heavy atom. The highest BCUT2D eigenvalue weighted by atomic mass is 35.5. The fraction of sp³-hybridized carbons (Fsp3) is 0.250. The molecule has 0 saturated heterocycles. The second kappa shape index (κ2) is 6.02. The third-order valence-corrected chi connectivity index (χ3v) is 3.51. The zero-order valence-corrected chi connectivity index (χ0v) is 11.4. The number of carbonyl (C=O) groups excluding carboxylic acids is 1. The Hall–Kier alpha value is -1.33. The highest BCUT2D eigenvalue weighted by molar-refractivity contribution is 8.00. The molecule has 1 aromatic heterocycles. The second-order valence-corrected chi connectivity index (χ2v) is 5.33. The van der Waals surface area contributed by atoms with Crippen molar-refractivity contribution in [2.24, 2.45) is 7.05 Å². The van der Waals surface area contributed by atoms with E-state index in [4.69, 9.17) is 11.6 Å². The van der Waals surface area contributed by atoms with E-state index in [1.807, 2.05) is 24.3 Å². The molecule has 2 rings (SSSR count). The maximum atomic E-state index is 11.7. The molecule has 0 N–H and O–H groups in total. The van der Waals surface area contributed by atoms with Gasteiger partial charge in [-0.3, -0.25) is 9.48 Å². The number of carbonyl (C=O) groups is 1. The standard InChI is InChI=1S/C12H12ClN3OS/c1-16-7-10(14-15-16)6-11(17)8-18-12-4-2-3-9(13)5-12/h2-5,7H,6,8H2,1H3. The third kappa shape index (κ3) is 3.85. The van der Waals surface area contributed by atoms with Crippen molar-refractivity contribution in [3.05, 3.63) is 41.2 Å². The van der Waals surface area contributed by atoms with Gasteiger partial charge in [0.25, 0.3) is 0 Å². The summed E-state index contributed by atoms with van der Waals surface area (Å²) in [6.07, 6.45) is 2.07. The smallest absolute Gasteiger partial charge is 0.149 e. The number of hydrogen-bond acceptors (Lipinski definition) is 4. The summed E-state index contributed by atoms with van der Waals surface area (Å²) < 4.78 is 1.59. The number of nitrogens with zero attached hydrogens (tertiary/aromatic N) is 3. The maximum Gasteiger partial charge on any atom is 0.149 e. The molecule has 0 aliphatic rings. The lowest BCUT2D eigenvalue weighted by atomic mass is 10.2. The number of aryl methyl sites for hydroxylation is 1. The molecule has 94 valence electrons. The molecule has 2 aromatic rings. The van der Waals surface area contributed by atoms with E-state index in [1.54, 1.807) is 17.9 Å². The van der Waals surface area contributed by atoms with Crippen LogP contribution < -0.4 is 0 Å². The van der Waals surface area contributed by atoms with Crippen molar-refractivity contribution in [1.82, 2.24) is 15.0 Å². The summed E-state index contributed by atoms with van der Waals surface area (Å²) in [5, 5.41) is 8.36. The van der Waals surface area contributed by atoms with Crippen molar-refractivity contribution in [2.45, 2.75) is 11.3 Å². The second-order valence-electron chi connectivity index (χ2n) is 3.85. The average Bonchev–Trinajstić information content (AvgIpc) is 2.72. The number of halogens is 1. The van der Waals surface area contributed by atoms with Crippen LogP contribution in [0.3, 0.4) is 0 Å². The highest BCUT2D eigenvalue weighted by Crippen LogP contribution is 2.21. The number of Topliss-reactive ketones (excluding diaryl/α,β-unsaturated/α-hetero) is 1. The van der Waals surface area contributed by atoms with E-state index in [0.29, 0.717) is 22.9 Å². The molecule has 18 heavy (non-hydrogen) atoms. The molecule has 0 aliphatic heterocycles. The molecule has 0 unspecified atom stereocenters. The predicted octanol–water partition coefficient (Wildman–Crippen LogP) is 2.37. The first-order chi connectivity index (χ1) is 8.63. The van der Waals surface area contributed by atoms with Crippen LogP contribution in [0.2, 0.25) is 5.02 Å². The average molecular weight is 282 g/mol. The Labute approximate surface area is 114 Å². The molecule has 0 aliphatic carbocycles. The van der Waals surface area contributed by atoms with Crippen molar-refractivity contribution in [1.29, 1.82) is 0 Å². The third-order valence-electron chi connectivity index (χ3n) is 2.22. The van der Waals surface area contributed by atoms with Crippen LogP contribution in [0.25, 0.3) is 0 Å². The maximum absolute atomic E-state index is 11.7. The van der Waals surface area contributed by atoms with Gasteiger partial charge >= 0.3 is 0 Å². The molecule has 6 heteroatoms. The number of thioether (sulfide) groups is 1. The summed E-state index contributed by atoms with van der Waals surface area (Å²) in [7, 11) is 1.78. The van der Waals surface area contributed by atoms with E-state index in [9.17, 15) is 4.79 Å². The first-order valence-corrected chi connectivity index (χ1v) is 6.75. The minimum atomic E-state index is 0.125. The van der Waals surface area contributed by atoms with Crippen LogP contribution in [0, 0.1) is 0 Å². The Kier molecular flexibility index (Phi) is 4.38. The van der Waals surface area contributed by atoms with Gasteiger partial charge in [0.2, 0.25) is 0 Å². The van der Waals surface area contributed by atoms with Crippen LogP contribution in [0.15, 0.2) is 35.4 Å². The van der Waals surface area contributed by atoms with Gasteiger partial charge in [-0.05, 0) is 18.2 Å². The van der Waals surface area contributed by atoms with Crippen molar-refractivity contribution < 1.29 is 4.79 Å². The molecule has 0 radical (unpaired) electrons. The minimum Gasteiger partial charge on any atom is -0.298 e. The van der Waals surface area contributed by atoms with Crippen LogP contribution in [0.5, 0.6) is 0 Å². The van der Waals surface area contributed by atoms with Gasteiger partial charge in [0.15, 0.2) is 0 Å². The van der Waals surface area contributed by atoms with Crippen LogP contribution in [0.4, 0.5) is 0 Å². The quantitative estimate of drug-likeness (QED) is 0.790. The topological polar surface area (TPSA) is 47.8 Å². The van der Waals surface area contributed by atoms with Gasteiger partial charge < -0.3 is 0 Å². The molecule has 4 nitrogen and oxygen atoms in total. The summed E-state index contributed by atoms with van der Waals surface area (Å²) in [6, 6.07) is 7.47. The highest BCUT2D eigenvalue weighted by Gasteiger charge is 2.07. The van der Waals surface area contributed by atoms with Crippen LogP contribution in [-0.2, 0) is 18.3 Å². The van der Waals surface area contributed by atoms with Gasteiger partial charge in [-0.1, -0.05) is 22.9 Å². The number of aromatic nitrogens is 3. The summed E-state index contributed by atoms with van der Waals surface area (Å²) in [5.41, 5.74) is 0.703. The molecule has 0 bridgehead atoms. The lowest BCUT2D eigenvalue weighted by Gasteiger charge is -2.00. The van der Waals surface area contributed by atoms with Gasteiger partial charge in [-0.25, -0.2) is 0 Å². The summed E-state index contributed by atoms with van der Waals surface area (Å²) in [4.78, 5) is 12.7. The molecule has 0 saturated carbocycles. The van der Waals surface area contributed by atoms with Crippen LogP contribution >= 0.6 is 23.4 Å². The fourth-order valence-corrected chi connectivity index (χ4v) is 2.52. The summed E-state index contributed by atoms with van der Waals surface area (Å²) in [5.74, 6) is 0.539. The lowest BCUT2D eigenvalue weighted by molar-refractivity contribution is -0.116. The monoisotopic (exact) mass is 281 g/mol. The Balaban J connectivity index is 1.85. The van der Waals surface area contributed by atoms with Crippen LogP contribution in [-0.4, -0.2) is 26.5 Å².